The van der Waals surface area contributed by atoms with Gasteiger partial charge in [-0.3, -0.25) is 9.59 Å². The van der Waals surface area contributed by atoms with Gasteiger partial charge in [0.15, 0.2) is 0 Å². The van der Waals surface area contributed by atoms with Crippen LogP contribution in [0, 0.1) is 12.3 Å². The maximum absolute atomic E-state index is 13.7. The quantitative estimate of drug-likeness (QED) is 0.369. The zero-order chi connectivity index (χ0) is 27.0. The number of carboxylic acid groups (broad SMARTS) is 1. The topological polar surface area (TPSA) is 86.7 Å². The Morgan fingerprint density at radius 1 is 0.974 bits per heavy atom. The van der Waals surface area contributed by atoms with Crippen molar-refractivity contribution >= 4 is 52.4 Å². The average molecular weight is 549 g/mol. The number of aryl methyl sites for hydroxylation is 1. The lowest BCUT2D eigenvalue weighted by molar-refractivity contribution is -0.132. The largest absolute Gasteiger partial charge is 0.478 e. The molecule has 0 saturated carbocycles. The van der Waals surface area contributed by atoms with Crippen molar-refractivity contribution in [2.75, 3.05) is 16.8 Å². The Bertz CT molecular complexity index is 1500. The van der Waals surface area contributed by atoms with Crippen LogP contribution in [-0.4, -0.2) is 29.4 Å². The number of para-hydroxylation sites is 1. The van der Waals surface area contributed by atoms with Crippen LogP contribution in [0.4, 0.5) is 11.4 Å². The molecule has 194 valence electrons. The van der Waals surface area contributed by atoms with E-state index in [0.717, 1.165) is 23.2 Å². The van der Waals surface area contributed by atoms with E-state index in [1.54, 1.807) is 35.2 Å². The van der Waals surface area contributed by atoms with Crippen molar-refractivity contribution in [3.05, 3.63) is 105 Å². The fraction of sp³-hybridized carbons (Fsp3) is 0.233. The number of carbonyl (C=O) groups is 3. The van der Waals surface area contributed by atoms with Gasteiger partial charge in [0.2, 0.25) is 0 Å². The molecule has 2 aliphatic rings. The number of anilines is 2. The molecule has 0 saturated heterocycles. The molecular formula is C30H26Cl2N2O4. The Morgan fingerprint density at radius 2 is 1.76 bits per heavy atom. The molecule has 1 heterocycles. The molecule has 1 aliphatic carbocycles. The minimum atomic E-state index is -0.876. The van der Waals surface area contributed by atoms with Crippen LogP contribution >= 0.6 is 23.2 Å². The molecule has 8 heteroatoms. The van der Waals surface area contributed by atoms with Crippen molar-refractivity contribution in [2.45, 2.75) is 32.6 Å². The summed E-state index contributed by atoms with van der Waals surface area (Å²) < 4.78 is 0. The highest BCUT2D eigenvalue weighted by Crippen LogP contribution is 2.46. The summed E-state index contributed by atoms with van der Waals surface area (Å²) in [5, 5.41) is 12.8. The summed E-state index contributed by atoms with van der Waals surface area (Å²) in [4.78, 5) is 39.9. The number of allylic oxidation sites excluding steroid dienone is 1. The highest BCUT2D eigenvalue weighted by molar-refractivity contribution is 6.36. The van der Waals surface area contributed by atoms with Crippen LogP contribution in [0.25, 0.3) is 0 Å². The fourth-order valence-corrected chi connectivity index (χ4v) is 5.80. The summed E-state index contributed by atoms with van der Waals surface area (Å²) in [7, 11) is 0. The lowest BCUT2D eigenvalue weighted by Gasteiger charge is -2.26. The van der Waals surface area contributed by atoms with E-state index in [4.69, 9.17) is 23.2 Å². The van der Waals surface area contributed by atoms with Gasteiger partial charge in [-0.15, -0.1) is 0 Å². The lowest BCUT2D eigenvalue weighted by Crippen LogP contribution is -2.33. The standard InChI is InChI=1S/C30H26Cl2N2O4/c1-18-6-8-23(31)22(14-18)27(35)33-25-9-7-19(15-24(25)32)28(36)34-13-12-30(11-10-21(17-30)29(37)38)16-20-4-2-3-5-26(20)34/h2-9,14-15,17H,10-13,16H2,1H3,(H,33,35)(H,37,38)/t30-/m0/s1. The second-order valence-corrected chi connectivity index (χ2v) is 10.8. The van der Waals surface area contributed by atoms with E-state index in [9.17, 15) is 19.5 Å². The molecule has 2 N–H and O–H groups in total. The second kappa shape index (κ2) is 10.3. The first-order valence-corrected chi connectivity index (χ1v) is 13.1. The first-order valence-electron chi connectivity index (χ1n) is 12.4. The number of nitrogens with zero attached hydrogens (tertiary/aromatic N) is 1. The number of aliphatic carboxylic acids is 1. The first-order chi connectivity index (χ1) is 18.2. The molecule has 1 atom stereocenters. The minimum Gasteiger partial charge on any atom is -0.478 e. The maximum Gasteiger partial charge on any atom is 0.331 e. The summed E-state index contributed by atoms with van der Waals surface area (Å²) >= 11 is 12.7. The molecule has 1 aliphatic heterocycles. The number of halogens is 2. The van der Waals surface area contributed by atoms with E-state index < -0.39 is 11.9 Å². The van der Waals surface area contributed by atoms with E-state index in [-0.39, 0.29) is 16.3 Å². The van der Waals surface area contributed by atoms with Crippen molar-refractivity contribution in [3.63, 3.8) is 0 Å². The Morgan fingerprint density at radius 3 is 2.50 bits per heavy atom. The summed E-state index contributed by atoms with van der Waals surface area (Å²) in [6.45, 7) is 2.32. The molecule has 3 aromatic rings. The molecule has 3 aromatic carbocycles. The Balaban J connectivity index is 1.40. The van der Waals surface area contributed by atoms with Gasteiger partial charge >= 0.3 is 5.97 Å². The number of carboxylic acids is 1. The summed E-state index contributed by atoms with van der Waals surface area (Å²) in [5.74, 6) is -1.48. The predicted molar refractivity (Wildman–Crippen MR) is 149 cm³/mol. The van der Waals surface area contributed by atoms with Gasteiger partial charge in [-0.05, 0) is 80.0 Å². The van der Waals surface area contributed by atoms with E-state index in [1.165, 1.54) is 0 Å². The van der Waals surface area contributed by atoms with Crippen LogP contribution in [0.15, 0.2) is 72.3 Å². The van der Waals surface area contributed by atoms with Gasteiger partial charge in [0.05, 0.1) is 21.3 Å². The van der Waals surface area contributed by atoms with Crippen molar-refractivity contribution in [2.24, 2.45) is 5.41 Å². The summed E-state index contributed by atoms with van der Waals surface area (Å²) in [6.07, 6.45) is 4.51. The van der Waals surface area contributed by atoms with E-state index in [1.807, 2.05) is 43.3 Å². The molecule has 0 fully saturated rings. The molecule has 0 aromatic heterocycles. The van der Waals surface area contributed by atoms with Gasteiger partial charge < -0.3 is 15.3 Å². The van der Waals surface area contributed by atoms with Crippen molar-refractivity contribution in [1.29, 1.82) is 0 Å². The monoisotopic (exact) mass is 548 g/mol. The number of carbonyl (C=O) groups excluding carboxylic acids is 2. The maximum atomic E-state index is 13.7. The third-order valence-corrected chi connectivity index (χ3v) is 8.02. The highest BCUT2D eigenvalue weighted by atomic mass is 35.5. The Kier molecular flexibility index (Phi) is 7.03. The number of fused-ring (bicyclic) bond motifs is 1. The fourth-order valence-electron chi connectivity index (χ4n) is 5.37. The Labute approximate surface area is 230 Å². The molecule has 0 unspecified atom stereocenters. The molecule has 2 amide bonds. The SMILES string of the molecule is Cc1ccc(Cl)c(C(=O)Nc2ccc(C(=O)N3CC[C@]4(C=C(C(=O)O)CC4)Cc4ccccc43)cc2Cl)c1. The molecule has 38 heavy (non-hydrogen) atoms. The smallest absolute Gasteiger partial charge is 0.331 e. The minimum absolute atomic E-state index is 0.212. The number of hydrogen-bond donors (Lipinski definition) is 2. The second-order valence-electron chi connectivity index (χ2n) is 9.98. The van der Waals surface area contributed by atoms with Crippen LogP contribution in [0.1, 0.15) is 51.1 Å². The summed E-state index contributed by atoms with van der Waals surface area (Å²) in [5.41, 5.74) is 3.98. The number of nitrogens with one attached hydrogen (secondary N) is 1. The van der Waals surface area contributed by atoms with Gasteiger partial charge in [0.1, 0.15) is 0 Å². The van der Waals surface area contributed by atoms with Crippen LogP contribution < -0.4 is 10.2 Å². The first kappa shape index (κ1) is 26.0. The number of rotatable bonds is 4. The van der Waals surface area contributed by atoms with Gasteiger partial charge in [0, 0.05) is 23.4 Å². The molecular weight excluding hydrogens is 523 g/mol. The van der Waals surface area contributed by atoms with E-state index >= 15 is 0 Å². The molecule has 0 bridgehead atoms. The third-order valence-electron chi connectivity index (χ3n) is 7.38. The van der Waals surface area contributed by atoms with E-state index in [0.29, 0.717) is 53.2 Å². The number of benzene rings is 3. The predicted octanol–water partition coefficient (Wildman–Crippen LogP) is 6.94. The number of hydrogen-bond acceptors (Lipinski definition) is 3. The molecule has 1 spiro atoms. The molecule has 6 nitrogen and oxygen atoms in total. The van der Waals surface area contributed by atoms with Crippen molar-refractivity contribution < 1.29 is 19.5 Å². The molecule has 0 radical (unpaired) electrons. The molecule has 5 rings (SSSR count). The Hall–Kier alpha value is -3.61. The summed E-state index contributed by atoms with van der Waals surface area (Å²) in [6, 6.07) is 17.8. The van der Waals surface area contributed by atoms with Gasteiger partial charge in [0.25, 0.3) is 11.8 Å². The van der Waals surface area contributed by atoms with Crippen LogP contribution in [0.2, 0.25) is 10.0 Å². The zero-order valence-electron chi connectivity index (χ0n) is 20.8. The van der Waals surface area contributed by atoms with Crippen LogP contribution in [0.5, 0.6) is 0 Å². The lowest BCUT2D eigenvalue weighted by atomic mass is 9.79. The van der Waals surface area contributed by atoms with E-state index in [2.05, 4.69) is 5.32 Å². The van der Waals surface area contributed by atoms with Gasteiger partial charge in [-0.25, -0.2) is 4.79 Å². The average Bonchev–Trinajstić information content (AvgIpc) is 3.24. The van der Waals surface area contributed by atoms with Crippen LogP contribution in [-0.2, 0) is 11.2 Å². The van der Waals surface area contributed by atoms with Crippen molar-refractivity contribution in [1.82, 2.24) is 0 Å². The van der Waals surface area contributed by atoms with Crippen LogP contribution in [0.3, 0.4) is 0 Å². The normalized spacial score (nSPS) is 18.5. The zero-order valence-corrected chi connectivity index (χ0v) is 22.3. The highest BCUT2D eigenvalue weighted by Gasteiger charge is 2.39. The van der Waals surface area contributed by atoms with Gasteiger partial charge in [-0.1, -0.05) is 59.1 Å². The third kappa shape index (κ3) is 5.06. The number of amides is 2. The van der Waals surface area contributed by atoms with Gasteiger partial charge in [-0.2, -0.15) is 0 Å². The van der Waals surface area contributed by atoms with Crippen molar-refractivity contribution in [3.8, 4) is 0 Å².